The summed E-state index contributed by atoms with van der Waals surface area (Å²) in [4.78, 5) is 3.98. The second-order valence-corrected chi connectivity index (χ2v) is 6.01. The van der Waals surface area contributed by atoms with Crippen molar-refractivity contribution >= 4 is 0 Å². The normalized spacial score (nSPS) is 10.0. The van der Waals surface area contributed by atoms with Gasteiger partial charge in [0.05, 0.1) is 0 Å². The molecular weight excluding hydrogens is 254 g/mol. The summed E-state index contributed by atoms with van der Waals surface area (Å²) in [6.45, 7) is 6.54. The summed E-state index contributed by atoms with van der Waals surface area (Å²) in [5.74, 6) is 0. The summed E-state index contributed by atoms with van der Waals surface area (Å²) >= 11 is 0. The minimum Gasteiger partial charge on any atom is -0.262 e. The van der Waals surface area contributed by atoms with Crippen molar-refractivity contribution in [3.63, 3.8) is 0 Å². The van der Waals surface area contributed by atoms with Crippen LogP contribution in [0.25, 0.3) is 0 Å². The molecule has 0 spiro atoms. The Morgan fingerprint density at radius 2 is 1.10 bits per heavy atom. The highest BCUT2D eigenvalue weighted by Crippen LogP contribution is 2.11. The number of nitrogens with zero attached hydrogens (tertiary/aromatic N) is 1. The van der Waals surface area contributed by atoms with Crippen LogP contribution in [0, 0.1) is 6.92 Å². The molecule has 0 aliphatic heterocycles. The van der Waals surface area contributed by atoms with Gasteiger partial charge in [-0.05, 0) is 19.1 Å². The Bertz CT molecular complexity index is 269. The lowest BCUT2D eigenvalue weighted by Crippen LogP contribution is -1.81. The Morgan fingerprint density at radius 1 is 0.667 bits per heavy atom. The molecule has 0 radical (unpaired) electrons. The van der Waals surface area contributed by atoms with Crippen LogP contribution in [0.1, 0.15) is 96.6 Å². The molecule has 1 rings (SSSR count). The zero-order valence-corrected chi connectivity index (χ0v) is 14.7. The van der Waals surface area contributed by atoms with Crippen LogP contribution >= 0.6 is 0 Å². The lowest BCUT2D eigenvalue weighted by atomic mass is 10.1. The first-order valence-electron chi connectivity index (χ1n) is 9.18. The summed E-state index contributed by atoms with van der Waals surface area (Å²) in [5, 5.41) is 0. The van der Waals surface area contributed by atoms with Gasteiger partial charge in [-0.3, -0.25) is 4.98 Å². The van der Waals surface area contributed by atoms with Crippen molar-refractivity contribution in [2.75, 3.05) is 0 Å². The number of aromatic nitrogens is 1. The summed E-state index contributed by atoms with van der Waals surface area (Å²) < 4.78 is 0. The lowest BCUT2D eigenvalue weighted by molar-refractivity contribution is 0.548. The highest BCUT2D eigenvalue weighted by Gasteiger charge is 1.91. The molecule has 1 heteroatoms. The van der Waals surface area contributed by atoms with E-state index in [1.807, 2.05) is 25.1 Å². The number of unbranched alkanes of at least 4 members (excludes halogenated alkanes) is 11. The molecular formula is C20H37N. The molecule has 0 unspecified atom stereocenters. The molecule has 0 aliphatic rings. The van der Waals surface area contributed by atoms with E-state index >= 15 is 0 Å². The van der Waals surface area contributed by atoms with Crippen molar-refractivity contribution < 1.29 is 0 Å². The molecule has 0 fully saturated rings. The summed E-state index contributed by atoms with van der Waals surface area (Å²) in [5.41, 5.74) is 1.07. The predicted molar refractivity (Wildman–Crippen MR) is 95.7 cm³/mol. The summed E-state index contributed by atoms with van der Waals surface area (Å²) in [7, 11) is 0. The fraction of sp³-hybridized carbons (Fsp3) is 0.750. The fourth-order valence-electron chi connectivity index (χ4n) is 2.36. The van der Waals surface area contributed by atoms with E-state index in [2.05, 4.69) is 18.8 Å². The zero-order valence-electron chi connectivity index (χ0n) is 14.7. The SMILES string of the molecule is CCCCCCCCCCCCCC.Cc1ccccn1. The number of aryl methyl sites for hydroxylation is 1. The third-order valence-corrected chi connectivity index (χ3v) is 3.77. The van der Waals surface area contributed by atoms with E-state index in [1.54, 1.807) is 6.20 Å². The molecule has 0 saturated carbocycles. The molecule has 1 heterocycles. The number of hydrogen-bond acceptors (Lipinski definition) is 1. The average Bonchev–Trinajstić information content (AvgIpc) is 2.51. The van der Waals surface area contributed by atoms with Crippen molar-refractivity contribution in [3.05, 3.63) is 30.1 Å². The van der Waals surface area contributed by atoms with E-state index in [1.165, 1.54) is 77.0 Å². The van der Waals surface area contributed by atoms with Gasteiger partial charge in [0.2, 0.25) is 0 Å². The summed E-state index contributed by atoms with van der Waals surface area (Å²) in [6, 6.07) is 5.86. The fourth-order valence-corrected chi connectivity index (χ4v) is 2.36. The number of rotatable bonds is 11. The van der Waals surface area contributed by atoms with Gasteiger partial charge in [-0.2, -0.15) is 0 Å². The summed E-state index contributed by atoms with van der Waals surface area (Å²) in [6.07, 6.45) is 19.2. The molecule has 122 valence electrons. The Hall–Kier alpha value is -0.850. The van der Waals surface area contributed by atoms with Gasteiger partial charge >= 0.3 is 0 Å². The first kappa shape index (κ1) is 20.1. The van der Waals surface area contributed by atoms with Crippen molar-refractivity contribution in [3.8, 4) is 0 Å². The maximum atomic E-state index is 3.98. The van der Waals surface area contributed by atoms with Crippen LogP contribution in [0.3, 0.4) is 0 Å². The van der Waals surface area contributed by atoms with Gasteiger partial charge in [0.1, 0.15) is 0 Å². The van der Waals surface area contributed by atoms with Gasteiger partial charge < -0.3 is 0 Å². The van der Waals surface area contributed by atoms with Crippen LogP contribution in [0.15, 0.2) is 24.4 Å². The molecule has 1 aromatic heterocycles. The van der Waals surface area contributed by atoms with Crippen LogP contribution < -0.4 is 0 Å². The second-order valence-electron chi connectivity index (χ2n) is 6.01. The van der Waals surface area contributed by atoms with Crippen molar-refractivity contribution in [2.24, 2.45) is 0 Å². The van der Waals surface area contributed by atoms with Crippen molar-refractivity contribution in [1.29, 1.82) is 0 Å². The standard InChI is InChI=1S/C14H30.C6H7N/c1-3-5-7-9-11-13-14-12-10-8-6-4-2;1-6-4-2-3-5-7-6/h3-14H2,1-2H3;2-5H,1H3. The van der Waals surface area contributed by atoms with Gasteiger partial charge in [0.15, 0.2) is 0 Å². The minimum atomic E-state index is 1.07. The van der Waals surface area contributed by atoms with Crippen molar-refractivity contribution in [2.45, 2.75) is 97.8 Å². The van der Waals surface area contributed by atoms with E-state index in [4.69, 9.17) is 0 Å². The van der Waals surface area contributed by atoms with Crippen LogP contribution in [0.5, 0.6) is 0 Å². The van der Waals surface area contributed by atoms with E-state index < -0.39 is 0 Å². The maximum Gasteiger partial charge on any atom is 0.0372 e. The highest BCUT2D eigenvalue weighted by atomic mass is 14.6. The predicted octanol–water partition coefficient (Wildman–Crippen LogP) is 7.10. The minimum absolute atomic E-state index is 1.07. The van der Waals surface area contributed by atoms with Crippen molar-refractivity contribution in [1.82, 2.24) is 4.98 Å². The number of hydrogen-bond donors (Lipinski definition) is 0. The molecule has 1 nitrogen and oxygen atoms in total. The smallest absolute Gasteiger partial charge is 0.0372 e. The Morgan fingerprint density at radius 3 is 1.33 bits per heavy atom. The van der Waals surface area contributed by atoms with Crippen LogP contribution in [0.4, 0.5) is 0 Å². The molecule has 0 saturated heterocycles. The molecule has 0 amide bonds. The van der Waals surface area contributed by atoms with Gasteiger partial charge in [0, 0.05) is 11.9 Å². The lowest BCUT2D eigenvalue weighted by Gasteiger charge is -2.01. The Kier molecular flexibility index (Phi) is 16.5. The largest absolute Gasteiger partial charge is 0.262 e. The molecule has 0 bridgehead atoms. The first-order chi connectivity index (χ1) is 10.3. The molecule has 0 atom stereocenters. The third kappa shape index (κ3) is 17.1. The van der Waals surface area contributed by atoms with Gasteiger partial charge in [-0.25, -0.2) is 0 Å². The highest BCUT2D eigenvalue weighted by molar-refractivity contribution is 4.99. The van der Waals surface area contributed by atoms with Crippen LogP contribution in [-0.4, -0.2) is 4.98 Å². The van der Waals surface area contributed by atoms with E-state index in [0.717, 1.165) is 5.69 Å². The molecule has 0 aliphatic carbocycles. The topological polar surface area (TPSA) is 12.9 Å². The van der Waals surface area contributed by atoms with E-state index in [-0.39, 0.29) is 0 Å². The second kappa shape index (κ2) is 17.2. The van der Waals surface area contributed by atoms with Gasteiger partial charge in [-0.15, -0.1) is 0 Å². The molecule has 21 heavy (non-hydrogen) atoms. The quantitative estimate of drug-likeness (QED) is 0.396. The maximum absolute atomic E-state index is 3.98. The van der Waals surface area contributed by atoms with Gasteiger partial charge in [-0.1, -0.05) is 97.0 Å². The number of pyridine rings is 1. The van der Waals surface area contributed by atoms with Gasteiger partial charge in [0.25, 0.3) is 0 Å². The monoisotopic (exact) mass is 291 g/mol. The van der Waals surface area contributed by atoms with E-state index in [9.17, 15) is 0 Å². The Labute approximate surface area is 133 Å². The molecule has 0 aromatic carbocycles. The van der Waals surface area contributed by atoms with E-state index in [0.29, 0.717) is 0 Å². The first-order valence-corrected chi connectivity index (χ1v) is 9.18. The zero-order chi connectivity index (χ0) is 15.6. The average molecular weight is 292 g/mol. The van der Waals surface area contributed by atoms with Crippen LogP contribution in [0.2, 0.25) is 0 Å². The van der Waals surface area contributed by atoms with Crippen LogP contribution in [-0.2, 0) is 0 Å². The third-order valence-electron chi connectivity index (χ3n) is 3.77. The molecule has 1 aromatic rings. The molecule has 0 N–H and O–H groups in total. The Balaban J connectivity index is 0.000000471.